The quantitative estimate of drug-likeness (QED) is 0.628. The van der Waals surface area contributed by atoms with Crippen molar-refractivity contribution in [1.82, 2.24) is 5.43 Å². The summed E-state index contributed by atoms with van der Waals surface area (Å²) in [4.78, 5) is 22.1. The van der Waals surface area contributed by atoms with Gasteiger partial charge in [-0.05, 0) is 35.4 Å². The SMILES string of the molecule is O=C(COc1ccc(F)cc1)N/N=C\c1ccc(C(=O)[O-])cc1. The fourth-order valence-electron chi connectivity index (χ4n) is 1.60. The molecule has 0 atom stereocenters. The summed E-state index contributed by atoms with van der Waals surface area (Å²) in [6.45, 7) is -0.271. The van der Waals surface area contributed by atoms with Crippen molar-refractivity contribution in [2.45, 2.75) is 0 Å². The van der Waals surface area contributed by atoms with Crippen molar-refractivity contribution >= 4 is 18.1 Å². The van der Waals surface area contributed by atoms with Crippen molar-refractivity contribution in [2.24, 2.45) is 5.10 Å². The third kappa shape index (κ3) is 5.24. The molecule has 1 N–H and O–H groups in total. The number of carboxylic acid groups (broad SMARTS) is 1. The number of carbonyl (C=O) groups excluding carboxylic acids is 2. The number of rotatable bonds is 6. The molecule has 2 rings (SSSR count). The summed E-state index contributed by atoms with van der Waals surface area (Å²) in [5.74, 6) is -1.78. The second kappa shape index (κ2) is 7.69. The molecule has 7 heteroatoms. The molecule has 0 aromatic heterocycles. The second-order valence-electron chi connectivity index (χ2n) is 4.45. The lowest BCUT2D eigenvalue weighted by Crippen LogP contribution is -2.24. The number of nitrogens with one attached hydrogen (secondary N) is 1. The number of halogens is 1. The predicted octanol–water partition coefficient (Wildman–Crippen LogP) is 0.718. The van der Waals surface area contributed by atoms with Gasteiger partial charge in [0.05, 0.1) is 12.2 Å². The van der Waals surface area contributed by atoms with Gasteiger partial charge in [-0.25, -0.2) is 9.82 Å². The van der Waals surface area contributed by atoms with E-state index in [1.807, 2.05) is 0 Å². The Morgan fingerprint density at radius 3 is 2.39 bits per heavy atom. The third-order valence-electron chi connectivity index (χ3n) is 2.73. The van der Waals surface area contributed by atoms with Gasteiger partial charge in [0.25, 0.3) is 5.91 Å². The minimum atomic E-state index is -1.26. The molecule has 0 bridgehead atoms. The molecule has 118 valence electrons. The molecule has 0 saturated heterocycles. The molecule has 0 saturated carbocycles. The Morgan fingerprint density at radius 1 is 1.13 bits per heavy atom. The van der Waals surface area contributed by atoms with Crippen LogP contribution < -0.4 is 15.3 Å². The van der Waals surface area contributed by atoms with Crippen LogP contribution in [-0.4, -0.2) is 24.7 Å². The number of hydrazone groups is 1. The van der Waals surface area contributed by atoms with Crippen molar-refractivity contribution < 1.29 is 23.8 Å². The molecule has 0 fully saturated rings. The van der Waals surface area contributed by atoms with Gasteiger partial charge in [0.1, 0.15) is 11.6 Å². The van der Waals surface area contributed by atoms with Crippen molar-refractivity contribution in [1.29, 1.82) is 0 Å². The summed E-state index contributed by atoms with van der Waals surface area (Å²) >= 11 is 0. The topological polar surface area (TPSA) is 90.8 Å². The number of nitrogens with zero attached hydrogens (tertiary/aromatic N) is 1. The number of carboxylic acids is 1. The van der Waals surface area contributed by atoms with Crippen molar-refractivity contribution in [3.63, 3.8) is 0 Å². The molecule has 0 unspecified atom stereocenters. The first-order valence-electron chi connectivity index (χ1n) is 6.56. The van der Waals surface area contributed by atoms with Gasteiger partial charge in [-0.2, -0.15) is 5.10 Å². The van der Waals surface area contributed by atoms with Gasteiger partial charge in [-0.3, -0.25) is 4.79 Å². The maximum atomic E-state index is 12.7. The number of hydrogen-bond donors (Lipinski definition) is 1. The van der Waals surface area contributed by atoms with Crippen LogP contribution in [0.4, 0.5) is 4.39 Å². The van der Waals surface area contributed by atoms with Crippen molar-refractivity contribution in [3.8, 4) is 5.75 Å². The van der Waals surface area contributed by atoms with Crippen LogP contribution in [0.1, 0.15) is 15.9 Å². The fourth-order valence-corrected chi connectivity index (χ4v) is 1.60. The van der Waals surface area contributed by atoms with Crippen molar-refractivity contribution in [3.05, 3.63) is 65.5 Å². The van der Waals surface area contributed by atoms with Crippen LogP contribution in [0, 0.1) is 5.82 Å². The summed E-state index contributed by atoms with van der Waals surface area (Å²) in [5.41, 5.74) is 2.91. The molecule has 0 aliphatic rings. The van der Waals surface area contributed by atoms with E-state index in [2.05, 4.69) is 10.5 Å². The minimum absolute atomic E-state index is 0.0545. The van der Waals surface area contributed by atoms with Crippen LogP contribution in [0.5, 0.6) is 5.75 Å². The number of amides is 1. The zero-order valence-electron chi connectivity index (χ0n) is 11.9. The molecule has 0 aliphatic heterocycles. The van der Waals surface area contributed by atoms with Gasteiger partial charge in [0.2, 0.25) is 0 Å². The lowest BCUT2D eigenvalue weighted by molar-refractivity contribution is -0.255. The Kier molecular flexibility index (Phi) is 5.40. The van der Waals surface area contributed by atoms with E-state index in [0.29, 0.717) is 11.3 Å². The van der Waals surface area contributed by atoms with E-state index < -0.39 is 17.7 Å². The van der Waals surface area contributed by atoms with E-state index in [4.69, 9.17) is 4.74 Å². The Bertz CT molecular complexity index is 712. The third-order valence-corrected chi connectivity index (χ3v) is 2.73. The van der Waals surface area contributed by atoms with Crippen molar-refractivity contribution in [2.75, 3.05) is 6.61 Å². The zero-order chi connectivity index (χ0) is 16.7. The van der Waals surface area contributed by atoms with Gasteiger partial charge in [-0.1, -0.05) is 24.3 Å². The average Bonchev–Trinajstić information content (AvgIpc) is 2.55. The lowest BCUT2D eigenvalue weighted by Gasteiger charge is -2.04. The summed E-state index contributed by atoms with van der Waals surface area (Å²) < 4.78 is 17.8. The van der Waals surface area contributed by atoms with Crippen LogP contribution in [-0.2, 0) is 4.79 Å². The smallest absolute Gasteiger partial charge is 0.277 e. The van der Waals surface area contributed by atoms with Crippen LogP contribution in [0.25, 0.3) is 0 Å². The molecule has 23 heavy (non-hydrogen) atoms. The number of ether oxygens (including phenoxy) is 1. The highest BCUT2D eigenvalue weighted by molar-refractivity contribution is 5.88. The molecular weight excluding hydrogens is 303 g/mol. The minimum Gasteiger partial charge on any atom is -0.545 e. The summed E-state index contributed by atoms with van der Waals surface area (Å²) in [6.07, 6.45) is 1.36. The molecule has 0 aliphatic carbocycles. The normalized spacial score (nSPS) is 10.5. The number of hydrogen-bond acceptors (Lipinski definition) is 5. The monoisotopic (exact) mass is 315 g/mol. The van der Waals surface area contributed by atoms with Gasteiger partial charge >= 0.3 is 0 Å². The lowest BCUT2D eigenvalue weighted by atomic mass is 10.1. The number of aromatic carboxylic acids is 1. The first-order valence-corrected chi connectivity index (χ1v) is 6.56. The predicted molar refractivity (Wildman–Crippen MR) is 78.4 cm³/mol. The summed E-state index contributed by atoms with van der Waals surface area (Å²) in [6, 6.07) is 11.1. The van der Waals surface area contributed by atoms with E-state index in [1.54, 1.807) is 0 Å². The Morgan fingerprint density at radius 2 is 1.78 bits per heavy atom. The zero-order valence-corrected chi connectivity index (χ0v) is 11.9. The fraction of sp³-hybridized carbons (Fsp3) is 0.0625. The van der Waals surface area contributed by atoms with Crippen LogP contribution >= 0.6 is 0 Å². The van der Waals surface area contributed by atoms with Crippen LogP contribution in [0.15, 0.2) is 53.6 Å². The Labute approximate surface area is 131 Å². The molecule has 0 spiro atoms. The van der Waals surface area contributed by atoms with Gasteiger partial charge in [0.15, 0.2) is 6.61 Å². The number of benzene rings is 2. The molecule has 0 radical (unpaired) electrons. The first-order chi connectivity index (χ1) is 11.0. The Hall–Kier alpha value is -3.22. The molecule has 2 aromatic rings. The maximum absolute atomic E-state index is 12.7. The summed E-state index contributed by atoms with van der Waals surface area (Å²) in [7, 11) is 0. The average molecular weight is 315 g/mol. The van der Waals surface area contributed by atoms with Gasteiger partial charge in [-0.15, -0.1) is 0 Å². The summed E-state index contributed by atoms with van der Waals surface area (Å²) in [5, 5.41) is 14.3. The highest BCUT2D eigenvalue weighted by Crippen LogP contribution is 2.10. The molecular formula is C16H12FN2O4-. The van der Waals surface area contributed by atoms with E-state index in [9.17, 15) is 19.1 Å². The van der Waals surface area contributed by atoms with E-state index >= 15 is 0 Å². The Balaban J connectivity index is 1.79. The van der Waals surface area contributed by atoms with Crippen LogP contribution in [0.3, 0.4) is 0 Å². The van der Waals surface area contributed by atoms with Crippen LogP contribution in [0.2, 0.25) is 0 Å². The molecule has 1 amide bonds. The maximum Gasteiger partial charge on any atom is 0.277 e. The standard InChI is InChI=1S/C16H13FN2O4/c17-13-5-7-14(8-6-13)23-10-15(20)19-18-9-11-1-3-12(4-2-11)16(21)22/h1-9H,10H2,(H,19,20)(H,21,22)/p-1/b18-9-. The largest absolute Gasteiger partial charge is 0.545 e. The van der Waals surface area contributed by atoms with E-state index in [-0.39, 0.29) is 12.2 Å². The van der Waals surface area contributed by atoms with Gasteiger partial charge < -0.3 is 14.6 Å². The highest BCUT2D eigenvalue weighted by Gasteiger charge is 2.01. The number of carbonyl (C=O) groups is 2. The van der Waals surface area contributed by atoms with Gasteiger partial charge in [0, 0.05) is 0 Å². The van der Waals surface area contributed by atoms with E-state index in [0.717, 1.165) is 0 Å². The highest BCUT2D eigenvalue weighted by atomic mass is 19.1. The molecule has 2 aromatic carbocycles. The second-order valence-corrected chi connectivity index (χ2v) is 4.45. The molecule has 0 heterocycles. The first kappa shape index (κ1) is 16.2. The van der Waals surface area contributed by atoms with E-state index in [1.165, 1.54) is 54.7 Å². The molecule has 6 nitrogen and oxygen atoms in total.